The SMILES string of the molecule is C[C@@H]1CCC[C@@H](NC(=O)c2ccc(Cl)cc2N)C1. The molecule has 0 radical (unpaired) electrons. The molecule has 2 atom stereocenters. The van der Waals surface area contributed by atoms with E-state index in [9.17, 15) is 4.79 Å². The Labute approximate surface area is 113 Å². The minimum Gasteiger partial charge on any atom is -0.398 e. The van der Waals surface area contributed by atoms with Crippen LogP contribution in [0.3, 0.4) is 0 Å². The fraction of sp³-hybridized carbons (Fsp3) is 0.500. The van der Waals surface area contributed by atoms with Crippen LogP contribution < -0.4 is 11.1 Å². The summed E-state index contributed by atoms with van der Waals surface area (Å²) in [5, 5.41) is 3.62. The number of hydrogen-bond acceptors (Lipinski definition) is 2. The van der Waals surface area contributed by atoms with Crippen molar-refractivity contribution in [3.63, 3.8) is 0 Å². The van der Waals surface area contributed by atoms with Crippen molar-refractivity contribution in [3.8, 4) is 0 Å². The molecule has 1 aromatic rings. The molecule has 0 spiro atoms. The second-order valence-electron chi connectivity index (χ2n) is 5.17. The topological polar surface area (TPSA) is 55.1 Å². The molecule has 1 saturated carbocycles. The highest BCUT2D eigenvalue weighted by molar-refractivity contribution is 6.31. The Bertz CT molecular complexity index is 447. The molecule has 0 saturated heterocycles. The maximum atomic E-state index is 12.1. The molecular formula is C14H19ClN2O. The fourth-order valence-corrected chi connectivity index (χ4v) is 2.75. The number of anilines is 1. The molecule has 0 bridgehead atoms. The van der Waals surface area contributed by atoms with Gasteiger partial charge in [-0.3, -0.25) is 4.79 Å². The zero-order chi connectivity index (χ0) is 13.1. The Kier molecular flexibility index (Phi) is 4.12. The van der Waals surface area contributed by atoms with Crippen molar-refractivity contribution in [2.75, 3.05) is 5.73 Å². The number of rotatable bonds is 2. The molecule has 3 nitrogen and oxygen atoms in total. The van der Waals surface area contributed by atoms with E-state index in [2.05, 4.69) is 12.2 Å². The van der Waals surface area contributed by atoms with Crippen molar-refractivity contribution in [1.29, 1.82) is 0 Å². The lowest BCUT2D eigenvalue weighted by Gasteiger charge is -2.27. The minimum atomic E-state index is -0.0942. The Morgan fingerprint density at radius 2 is 2.22 bits per heavy atom. The van der Waals surface area contributed by atoms with Crippen LogP contribution in [0.1, 0.15) is 43.0 Å². The van der Waals surface area contributed by atoms with Crippen molar-refractivity contribution >= 4 is 23.2 Å². The Hall–Kier alpha value is -1.22. The summed E-state index contributed by atoms with van der Waals surface area (Å²) in [4.78, 5) is 12.1. The Balaban J connectivity index is 2.03. The molecule has 0 heterocycles. The number of hydrogen-bond donors (Lipinski definition) is 2. The molecule has 0 unspecified atom stereocenters. The Morgan fingerprint density at radius 1 is 1.44 bits per heavy atom. The molecule has 0 aromatic heterocycles. The molecule has 3 N–H and O–H groups in total. The van der Waals surface area contributed by atoms with Crippen LogP contribution in [0.5, 0.6) is 0 Å². The van der Waals surface area contributed by atoms with E-state index in [0.717, 1.165) is 12.8 Å². The van der Waals surface area contributed by atoms with Gasteiger partial charge >= 0.3 is 0 Å². The molecule has 2 rings (SSSR count). The average molecular weight is 267 g/mol. The highest BCUT2D eigenvalue weighted by Crippen LogP contribution is 2.24. The van der Waals surface area contributed by atoms with Gasteiger partial charge in [0.2, 0.25) is 0 Å². The number of nitrogens with two attached hydrogens (primary N) is 1. The summed E-state index contributed by atoms with van der Waals surface area (Å²) in [7, 11) is 0. The number of carbonyl (C=O) groups excluding carboxylic acids is 1. The van der Waals surface area contributed by atoms with E-state index in [1.54, 1.807) is 18.2 Å². The summed E-state index contributed by atoms with van der Waals surface area (Å²) < 4.78 is 0. The van der Waals surface area contributed by atoms with Gasteiger partial charge in [-0.2, -0.15) is 0 Å². The number of nitrogens with one attached hydrogen (secondary N) is 1. The predicted octanol–water partition coefficient (Wildman–Crippen LogP) is 3.23. The van der Waals surface area contributed by atoms with Gasteiger partial charge in [0.05, 0.1) is 5.56 Å². The summed E-state index contributed by atoms with van der Waals surface area (Å²) >= 11 is 5.82. The van der Waals surface area contributed by atoms with E-state index in [4.69, 9.17) is 17.3 Å². The first kappa shape index (κ1) is 13.2. The van der Waals surface area contributed by atoms with Crippen molar-refractivity contribution < 1.29 is 4.79 Å². The van der Waals surface area contributed by atoms with Crippen LogP contribution in [0.2, 0.25) is 5.02 Å². The van der Waals surface area contributed by atoms with E-state index >= 15 is 0 Å². The molecule has 1 fully saturated rings. The fourth-order valence-electron chi connectivity index (χ4n) is 2.57. The lowest BCUT2D eigenvalue weighted by Crippen LogP contribution is -2.38. The monoisotopic (exact) mass is 266 g/mol. The molecule has 18 heavy (non-hydrogen) atoms. The largest absolute Gasteiger partial charge is 0.398 e. The van der Waals surface area contributed by atoms with E-state index in [1.165, 1.54) is 12.8 Å². The minimum absolute atomic E-state index is 0.0942. The van der Waals surface area contributed by atoms with Crippen LogP contribution in [-0.2, 0) is 0 Å². The third-order valence-electron chi connectivity index (χ3n) is 3.53. The highest BCUT2D eigenvalue weighted by atomic mass is 35.5. The molecule has 4 heteroatoms. The van der Waals surface area contributed by atoms with Crippen LogP contribution in [-0.4, -0.2) is 11.9 Å². The lowest BCUT2D eigenvalue weighted by molar-refractivity contribution is 0.0922. The lowest BCUT2D eigenvalue weighted by atomic mass is 9.87. The molecular weight excluding hydrogens is 248 g/mol. The number of halogens is 1. The van der Waals surface area contributed by atoms with Crippen molar-refractivity contribution in [3.05, 3.63) is 28.8 Å². The zero-order valence-electron chi connectivity index (χ0n) is 10.6. The molecule has 1 aliphatic carbocycles. The maximum Gasteiger partial charge on any atom is 0.253 e. The van der Waals surface area contributed by atoms with Gasteiger partial charge in [0.1, 0.15) is 0 Å². The first-order valence-corrected chi connectivity index (χ1v) is 6.80. The van der Waals surface area contributed by atoms with Crippen molar-refractivity contribution in [2.45, 2.75) is 38.6 Å². The molecule has 1 aliphatic rings. The van der Waals surface area contributed by atoms with Crippen molar-refractivity contribution in [1.82, 2.24) is 5.32 Å². The van der Waals surface area contributed by atoms with E-state index < -0.39 is 0 Å². The maximum absolute atomic E-state index is 12.1. The van der Waals surface area contributed by atoms with Gasteiger partial charge in [-0.15, -0.1) is 0 Å². The van der Waals surface area contributed by atoms with Gasteiger partial charge in [-0.1, -0.05) is 31.4 Å². The summed E-state index contributed by atoms with van der Waals surface area (Å²) in [6.07, 6.45) is 4.56. The summed E-state index contributed by atoms with van der Waals surface area (Å²) in [6.45, 7) is 2.23. The van der Waals surface area contributed by atoms with Crippen LogP contribution in [0.15, 0.2) is 18.2 Å². The number of carbonyl (C=O) groups is 1. The molecule has 98 valence electrons. The smallest absolute Gasteiger partial charge is 0.253 e. The quantitative estimate of drug-likeness (QED) is 0.808. The third kappa shape index (κ3) is 3.16. The van der Waals surface area contributed by atoms with Gasteiger partial charge in [0, 0.05) is 16.8 Å². The predicted molar refractivity (Wildman–Crippen MR) is 74.8 cm³/mol. The van der Waals surface area contributed by atoms with Crippen LogP contribution in [0.25, 0.3) is 0 Å². The van der Waals surface area contributed by atoms with Crippen LogP contribution in [0, 0.1) is 5.92 Å². The third-order valence-corrected chi connectivity index (χ3v) is 3.76. The van der Waals surface area contributed by atoms with Gasteiger partial charge in [-0.05, 0) is 37.0 Å². The normalized spacial score (nSPS) is 23.7. The van der Waals surface area contributed by atoms with Gasteiger partial charge < -0.3 is 11.1 Å². The zero-order valence-corrected chi connectivity index (χ0v) is 11.3. The Morgan fingerprint density at radius 3 is 2.89 bits per heavy atom. The van der Waals surface area contributed by atoms with Gasteiger partial charge in [0.25, 0.3) is 5.91 Å². The van der Waals surface area contributed by atoms with Gasteiger partial charge in [0.15, 0.2) is 0 Å². The van der Waals surface area contributed by atoms with E-state index in [0.29, 0.717) is 22.2 Å². The summed E-state index contributed by atoms with van der Waals surface area (Å²) in [5.41, 5.74) is 6.76. The van der Waals surface area contributed by atoms with Crippen molar-refractivity contribution in [2.24, 2.45) is 5.92 Å². The van der Waals surface area contributed by atoms with Crippen LogP contribution >= 0.6 is 11.6 Å². The highest BCUT2D eigenvalue weighted by Gasteiger charge is 2.21. The standard InChI is InChI=1S/C14H19ClN2O/c1-9-3-2-4-11(7-9)17-14(18)12-6-5-10(15)8-13(12)16/h5-6,8-9,11H,2-4,7,16H2,1H3,(H,17,18)/t9-,11-/m1/s1. The first-order chi connectivity index (χ1) is 8.56. The second-order valence-corrected chi connectivity index (χ2v) is 5.61. The summed E-state index contributed by atoms with van der Waals surface area (Å²) in [5.74, 6) is 0.592. The number of nitrogen functional groups attached to an aromatic ring is 1. The first-order valence-electron chi connectivity index (χ1n) is 6.42. The van der Waals surface area contributed by atoms with E-state index in [-0.39, 0.29) is 11.9 Å². The molecule has 0 aliphatic heterocycles. The molecule has 1 aromatic carbocycles. The number of benzene rings is 1. The van der Waals surface area contributed by atoms with E-state index in [1.807, 2.05) is 0 Å². The summed E-state index contributed by atoms with van der Waals surface area (Å²) in [6, 6.07) is 5.26. The second kappa shape index (κ2) is 5.61. The molecule has 1 amide bonds. The number of amides is 1. The van der Waals surface area contributed by atoms with Crippen LogP contribution in [0.4, 0.5) is 5.69 Å². The average Bonchev–Trinajstić information content (AvgIpc) is 2.28. The van der Waals surface area contributed by atoms with Gasteiger partial charge in [-0.25, -0.2) is 0 Å².